The van der Waals surface area contributed by atoms with Gasteiger partial charge in [-0.05, 0) is 52.5 Å². The summed E-state index contributed by atoms with van der Waals surface area (Å²) >= 11 is 0. The van der Waals surface area contributed by atoms with Gasteiger partial charge in [0.25, 0.3) is 0 Å². The Labute approximate surface area is 129 Å². The Morgan fingerprint density at radius 2 is 1.71 bits per heavy atom. The molecular weight excluding hydrogens is 260 g/mol. The Kier molecular flexibility index (Phi) is 10.1. The fraction of sp³-hybridized carbons (Fsp3) is 0.474. The van der Waals surface area contributed by atoms with Crippen LogP contribution in [0.15, 0.2) is 59.1 Å². The summed E-state index contributed by atoms with van der Waals surface area (Å²) in [6.45, 7) is 11.9. The van der Waals surface area contributed by atoms with E-state index < -0.39 is 0 Å². The number of rotatable bonds is 9. The molecular formula is C19H30O2. The fourth-order valence-corrected chi connectivity index (χ4v) is 1.80. The van der Waals surface area contributed by atoms with E-state index >= 15 is 0 Å². The summed E-state index contributed by atoms with van der Waals surface area (Å²) in [5.74, 6) is 0.0336. The Morgan fingerprint density at radius 3 is 2.24 bits per heavy atom. The van der Waals surface area contributed by atoms with Gasteiger partial charge in [-0.15, -0.1) is 0 Å². The van der Waals surface area contributed by atoms with Crippen molar-refractivity contribution in [3.63, 3.8) is 0 Å². The van der Waals surface area contributed by atoms with Crippen LogP contribution in [0.2, 0.25) is 0 Å². The lowest BCUT2D eigenvalue weighted by Gasteiger charge is -2.06. The predicted octanol–water partition coefficient (Wildman–Crippen LogP) is 6.31. The maximum Gasteiger partial charge on any atom is 0.122 e. The predicted molar refractivity (Wildman–Crippen MR) is 92.5 cm³/mol. The van der Waals surface area contributed by atoms with Gasteiger partial charge in [-0.25, -0.2) is 0 Å². The second kappa shape index (κ2) is 11.0. The quantitative estimate of drug-likeness (QED) is 0.297. The lowest BCUT2D eigenvalue weighted by molar-refractivity contribution is 0.390. The summed E-state index contributed by atoms with van der Waals surface area (Å²) in [4.78, 5) is 0. The summed E-state index contributed by atoms with van der Waals surface area (Å²) in [7, 11) is 0. The Bertz CT molecular complexity index is 444. The van der Waals surface area contributed by atoms with E-state index in [-0.39, 0.29) is 11.5 Å². The average Bonchev–Trinajstić information content (AvgIpc) is 2.38. The molecule has 118 valence electrons. The first-order chi connectivity index (χ1) is 9.88. The van der Waals surface area contributed by atoms with E-state index in [1.54, 1.807) is 6.08 Å². The van der Waals surface area contributed by atoms with Crippen LogP contribution < -0.4 is 0 Å². The molecule has 0 aliphatic carbocycles. The molecule has 0 saturated heterocycles. The minimum absolute atomic E-state index is 0.0676. The highest BCUT2D eigenvalue weighted by atomic mass is 16.3. The summed E-state index contributed by atoms with van der Waals surface area (Å²) in [6.07, 6.45) is 12.3. The van der Waals surface area contributed by atoms with Crippen LogP contribution in [0.1, 0.15) is 59.8 Å². The molecule has 0 bridgehead atoms. The van der Waals surface area contributed by atoms with Crippen LogP contribution in [0.25, 0.3) is 0 Å². The van der Waals surface area contributed by atoms with Gasteiger partial charge in [-0.2, -0.15) is 0 Å². The van der Waals surface area contributed by atoms with Crippen molar-refractivity contribution < 1.29 is 10.2 Å². The highest BCUT2D eigenvalue weighted by Crippen LogP contribution is 2.18. The summed E-state index contributed by atoms with van der Waals surface area (Å²) in [5.41, 5.74) is 3.06. The van der Waals surface area contributed by atoms with Crippen molar-refractivity contribution in [3.05, 3.63) is 59.1 Å². The molecule has 0 radical (unpaired) electrons. The van der Waals surface area contributed by atoms with Crippen molar-refractivity contribution in [1.82, 2.24) is 0 Å². The lowest BCUT2D eigenvalue weighted by atomic mass is 10.0. The lowest BCUT2D eigenvalue weighted by Crippen LogP contribution is -1.93. The second-order valence-electron chi connectivity index (χ2n) is 5.58. The molecule has 0 rings (SSSR count). The van der Waals surface area contributed by atoms with Gasteiger partial charge in [0, 0.05) is 5.57 Å². The van der Waals surface area contributed by atoms with Crippen molar-refractivity contribution >= 4 is 0 Å². The minimum atomic E-state index is -0.0676. The number of unbranched alkanes of at least 4 members (excludes halogenated alkanes) is 1. The first kappa shape index (κ1) is 19.3. The van der Waals surface area contributed by atoms with E-state index in [9.17, 15) is 10.2 Å². The first-order valence-electron chi connectivity index (χ1n) is 7.64. The second-order valence-corrected chi connectivity index (χ2v) is 5.58. The third-order valence-corrected chi connectivity index (χ3v) is 3.13. The average molecular weight is 290 g/mol. The Morgan fingerprint density at radius 1 is 1.05 bits per heavy atom. The minimum Gasteiger partial charge on any atom is -0.508 e. The smallest absolute Gasteiger partial charge is 0.122 e. The van der Waals surface area contributed by atoms with Crippen molar-refractivity contribution in [3.8, 4) is 0 Å². The molecule has 0 aromatic heterocycles. The maximum atomic E-state index is 10.0. The van der Waals surface area contributed by atoms with Gasteiger partial charge in [-0.3, -0.25) is 0 Å². The number of hydrogen-bond donors (Lipinski definition) is 2. The SMILES string of the molecule is C=C(O)/C(C/C=C(\C)CCC=C(C)C)=C(O)\C=C\CCC. The van der Waals surface area contributed by atoms with Crippen LogP contribution in [-0.4, -0.2) is 10.2 Å². The van der Waals surface area contributed by atoms with Crippen LogP contribution in [-0.2, 0) is 0 Å². The molecule has 0 amide bonds. The molecule has 0 unspecified atom stereocenters. The number of aliphatic hydroxyl groups is 2. The summed E-state index contributed by atoms with van der Waals surface area (Å²) < 4.78 is 0. The Hall–Kier alpha value is -1.70. The molecule has 21 heavy (non-hydrogen) atoms. The molecule has 2 N–H and O–H groups in total. The number of allylic oxidation sites excluding steroid dienone is 7. The van der Waals surface area contributed by atoms with Crippen LogP contribution in [0.4, 0.5) is 0 Å². The molecule has 2 heteroatoms. The number of aliphatic hydroxyl groups excluding tert-OH is 2. The molecule has 0 aromatic rings. The van der Waals surface area contributed by atoms with Gasteiger partial charge in [0.1, 0.15) is 11.5 Å². The molecule has 0 atom stereocenters. The van der Waals surface area contributed by atoms with Gasteiger partial charge in [0.05, 0.1) is 0 Å². The van der Waals surface area contributed by atoms with E-state index in [2.05, 4.69) is 40.3 Å². The maximum absolute atomic E-state index is 10.0. The highest BCUT2D eigenvalue weighted by Gasteiger charge is 2.05. The first-order valence-corrected chi connectivity index (χ1v) is 7.64. The fourth-order valence-electron chi connectivity index (χ4n) is 1.80. The zero-order chi connectivity index (χ0) is 16.3. The Balaban J connectivity index is 4.74. The van der Waals surface area contributed by atoms with Gasteiger partial charge in [-0.1, -0.05) is 49.3 Å². The van der Waals surface area contributed by atoms with Crippen molar-refractivity contribution in [2.24, 2.45) is 0 Å². The van der Waals surface area contributed by atoms with Crippen molar-refractivity contribution in [1.29, 1.82) is 0 Å². The van der Waals surface area contributed by atoms with E-state index in [0.29, 0.717) is 12.0 Å². The van der Waals surface area contributed by atoms with Crippen LogP contribution >= 0.6 is 0 Å². The molecule has 0 spiro atoms. The van der Waals surface area contributed by atoms with Crippen LogP contribution in [0.5, 0.6) is 0 Å². The molecule has 0 fully saturated rings. The highest BCUT2D eigenvalue weighted by molar-refractivity contribution is 5.33. The summed E-state index contributed by atoms with van der Waals surface area (Å²) in [6, 6.07) is 0. The third kappa shape index (κ3) is 9.78. The van der Waals surface area contributed by atoms with E-state index in [1.807, 2.05) is 12.2 Å². The van der Waals surface area contributed by atoms with Gasteiger partial charge in [0.15, 0.2) is 0 Å². The topological polar surface area (TPSA) is 40.5 Å². The van der Waals surface area contributed by atoms with E-state index in [0.717, 1.165) is 25.7 Å². The van der Waals surface area contributed by atoms with Crippen LogP contribution in [0.3, 0.4) is 0 Å². The molecule has 0 saturated carbocycles. The summed E-state index contributed by atoms with van der Waals surface area (Å²) in [5, 5.41) is 19.6. The van der Waals surface area contributed by atoms with E-state index in [1.165, 1.54) is 11.1 Å². The monoisotopic (exact) mass is 290 g/mol. The van der Waals surface area contributed by atoms with E-state index in [4.69, 9.17) is 0 Å². The van der Waals surface area contributed by atoms with Crippen molar-refractivity contribution in [2.45, 2.75) is 59.8 Å². The van der Waals surface area contributed by atoms with Gasteiger partial charge >= 0.3 is 0 Å². The van der Waals surface area contributed by atoms with Gasteiger partial charge in [0.2, 0.25) is 0 Å². The molecule has 0 aliphatic rings. The molecule has 2 nitrogen and oxygen atoms in total. The van der Waals surface area contributed by atoms with Crippen molar-refractivity contribution in [2.75, 3.05) is 0 Å². The zero-order valence-corrected chi connectivity index (χ0v) is 13.9. The zero-order valence-electron chi connectivity index (χ0n) is 13.9. The molecule has 0 aromatic carbocycles. The number of hydrogen-bond acceptors (Lipinski definition) is 2. The molecule has 0 aliphatic heterocycles. The van der Waals surface area contributed by atoms with Crippen LogP contribution in [0, 0.1) is 0 Å². The molecule has 0 heterocycles. The standard InChI is InChI=1S/C19H30O2/c1-6-7-8-12-19(21)18(17(5)20)14-13-16(4)11-9-10-15(2)3/h8,10,12-13,20-21H,5-7,9,11,14H2,1-4H3/b12-8+,16-13+,19-18+. The van der Waals surface area contributed by atoms with Gasteiger partial charge < -0.3 is 10.2 Å². The normalized spacial score (nSPS) is 13.2. The third-order valence-electron chi connectivity index (χ3n) is 3.13. The largest absolute Gasteiger partial charge is 0.508 e.